The molecule has 0 radical (unpaired) electrons. The lowest BCUT2D eigenvalue weighted by Crippen LogP contribution is -2.36. The Kier molecular flexibility index (Phi) is 5.43. The van der Waals surface area contributed by atoms with Crippen LogP contribution in [0.3, 0.4) is 0 Å². The minimum absolute atomic E-state index is 0.186. The molecule has 5 nitrogen and oxygen atoms in total. The highest BCUT2D eigenvalue weighted by Gasteiger charge is 2.35. The monoisotopic (exact) mass is 338 g/mol. The molecular weight excluding hydrogens is 316 g/mol. The number of carboxylic acids is 1. The molecule has 1 aromatic heterocycles. The molecular formula is C20H22N2O3. The predicted octanol–water partition coefficient (Wildman–Crippen LogP) is 3.50. The van der Waals surface area contributed by atoms with Crippen LogP contribution in [0.25, 0.3) is 0 Å². The standard InChI is InChI=1S/C20H22N2O3/c23-19(17-3-1-2-4-18(17)20(24)25)22-16-7-5-14(6-8-16)13-15-9-11-21-12-10-15/h5-12,17-18H,1-4,13H2,(H,22,23)(H,24,25)/t17-,18+/m1/s1. The lowest BCUT2D eigenvalue weighted by molar-refractivity contribution is -0.147. The van der Waals surface area contributed by atoms with Gasteiger partial charge in [0.25, 0.3) is 0 Å². The summed E-state index contributed by atoms with van der Waals surface area (Å²) in [5, 5.41) is 12.2. The van der Waals surface area contributed by atoms with E-state index in [9.17, 15) is 14.7 Å². The molecule has 1 aliphatic rings. The normalized spacial score (nSPS) is 20.0. The van der Waals surface area contributed by atoms with Crippen LogP contribution in [0, 0.1) is 11.8 Å². The first-order valence-electron chi connectivity index (χ1n) is 8.65. The fourth-order valence-corrected chi connectivity index (χ4v) is 3.42. The van der Waals surface area contributed by atoms with Crippen molar-refractivity contribution in [2.24, 2.45) is 11.8 Å². The molecule has 2 N–H and O–H groups in total. The number of carbonyl (C=O) groups excluding carboxylic acids is 1. The first-order valence-corrected chi connectivity index (χ1v) is 8.65. The van der Waals surface area contributed by atoms with Crippen LogP contribution in [0.5, 0.6) is 0 Å². The highest BCUT2D eigenvalue weighted by atomic mass is 16.4. The van der Waals surface area contributed by atoms with E-state index in [2.05, 4.69) is 10.3 Å². The van der Waals surface area contributed by atoms with Gasteiger partial charge in [-0.15, -0.1) is 0 Å². The number of hydrogen-bond donors (Lipinski definition) is 2. The molecule has 3 rings (SSSR count). The van der Waals surface area contributed by atoms with Crippen LogP contribution in [-0.2, 0) is 16.0 Å². The molecule has 0 unspecified atom stereocenters. The van der Waals surface area contributed by atoms with E-state index in [1.54, 1.807) is 12.4 Å². The molecule has 0 saturated heterocycles. The summed E-state index contributed by atoms with van der Waals surface area (Å²) in [5.41, 5.74) is 3.03. The minimum Gasteiger partial charge on any atom is -0.481 e. The van der Waals surface area contributed by atoms with Crippen molar-refractivity contribution in [1.82, 2.24) is 4.98 Å². The van der Waals surface area contributed by atoms with Gasteiger partial charge in [-0.1, -0.05) is 25.0 Å². The molecule has 130 valence electrons. The first-order chi connectivity index (χ1) is 12.1. The van der Waals surface area contributed by atoms with Crippen molar-refractivity contribution in [1.29, 1.82) is 0 Å². The zero-order valence-electron chi connectivity index (χ0n) is 14.0. The molecule has 1 saturated carbocycles. The first kappa shape index (κ1) is 17.1. The number of hydrogen-bond acceptors (Lipinski definition) is 3. The van der Waals surface area contributed by atoms with E-state index in [1.165, 1.54) is 5.56 Å². The summed E-state index contributed by atoms with van der Waals surface area (Å²) >= 11 is 0. The van der Waals surface area contributed by atoms with Gasteiger partial charge >= 0.3 is 5.97 Å². The predicted molar refractivity (Wildman–Crippen MR) is 95.2 cm³/mol. The number of pyridine rings is 1. The second-order valence-electron chi connectivity index (χ2n) is 6.55. The van der Waals surface area contributed by atoms with Gasteiger partial charge < -0.3 is 10.4 Å². The molecule has 0 bridgehead atoms. The van der Waals surface area contributed by atoms with E-state index in [0.29, 0.717) is 18.5 Å². The fourth-order valence-electron chi connectivity index (χ4n) is 3.42. The number of amides is 1. The molecule has 1 amide bonds. The largest absolute Gasteiger partial charge is 0.481 e. The van der Waals surface area contributed by atoms with Crippen molar-refractivity contribution in [3.8, 4) is 0 Å². The highest BCUT2D eigenvalue weighted by Crippen LogP contribution is 2.31. The highest BCUT2D eigenvalue weighted by molar-refractivity contribution is 5.95. The molecule has 1 heterocycles. The number of rotatable bonds is 5. The summed E-state index contributed by atoms with van der Waals surface area (Å²) in [6, 6.07) is 11.6. The van der Waals surface area contributed by atoms with Gasteiger partial charge in [-0.3, -0.25) is 14.6 Å². The summed E-state index contributed by atoms with van der Waals surface area (Å²) in [5.74, 6) is -2.07. The second-order valence-corrected chi connectivity index (χ2v) is 6.55. The third-order valence-electron chi connectivity index (χ3n) is 4.80. The molecule has 2 atom stereocenters. The zero-order valence-corrected chi connectivity index (χ0v) is 14.0. The van der Waals surface area contributed by atoms with E-state index in [0.717, 1.165) is 24.8 Å². The Balaban J connectivity index is 1.62. The third kappa shape index (κ3) is 4.44. The summed E-state index contributed by atoms with van der Waals surface area (Å²) in [7, 11) is 0. The van der Waals surface area contributed by atoms with E-state index in [4.69, 9.17) is 0 Å². The second kappa shape index (κ2) is 7.92. The molecule has 0 aliphatic heterocycles. The van der Waals surface area contributed by atoms with Gasteiger partial charge in [0, 0.05) is 18.1 Å². The Morgan fingerprint density at radius 1 is 0.960 bits per heavy atom. The number of anilines is 1. The van der Waals surface area contributed by atoms with Crippen molar-refractivity contribution in [3.05, 3.63) is 59.9 Å². The molecule has 2 aromatic rings. The van der Waals surface area contributed by atoms with Gasteiger partial charge in [0.2, 0.25) is 5.91 Å². The SMILES string of the molecule is O=C(O)[C@H]1CCCC[C@H]1C(=O)Nc1ccc(Cc2ccncc2)cc1. The van der Waals surface area contributed by atoms with Crippen LogP contribution in [0.15, 0.2) is 48.8 Å². The Morgan fingerprint density at radius 2 is 1.56 bits per heavy atom. The number of carbonyl (C=O) groups is 2. The summed E-state index contributed by atoms with van der Waals surface area (Å²) in [6.07, 6.45) is 7.36. The van der Waals surface area contributed by atoms with Crippen molar-refractivity contribution in [2.75, 3.05) is 5.32 Å². The van der Waals surface area contributed by atoms with Gasteiger partial charge in [0.15, 0.2) is 0 Å². The van der Waals surface area contributed by atoms with Gasteiger partial charge in [-0.25, -0.2) is 0 Å². The Morgan fingerprint density at radius 3 is 2.20 bits per heavy atom. The van der Waals surface area contributed by atoms with Crippen molar-refractivity contribution in [2.45, 2.75) is 32.1 Å². The lowest BCUT2D eigenvalue weighted by Gasteiger charge is -2.27. The number of nitrogens with one attached hydrogen (secondary N) is 1. The van der Waals surface area contributed by atoms with Crippen LogP contribution in [-0.4, -0.2) is 22.0 Å². The summed E-state index contributed by atoms with van der Waals surface area (Å²) in [6.45, 7) is 0. The number of carboxylic acid groups (broad SMARTS) is 1. The topological polar surface area (TPSA) is 79.3 Å². The van der Waals surface area contributed by atoms with E-state index in [-0.39, 0.29) is 5.91 Å². The Bertz CT molecular complexity index is 728. The number of aliphatic carboxylic acids is 1. The van der Waals surface area contributed by atoms with Crippen LogP contribution < -0.4 is 5.32 Å². The maximum atomic E-state index is 12.5. The van der Waals surface area contributed by atoms with Crippen LogP contribution in [0.1, 0.15) is 36.8 Å². The smallest absolute Gasteiger partial charge is 0.307 e. The zero-order chi connectivity index (χ0) is 17.6. The van der Waals surface area contributed by atoms with Crippen molar-refractivity contribution < 1.29 is 14.7 Å². The lowest BCUT2D eigenvalue weighted by atomic mass is 9.78. The van der Waals surface area contributed by atoms with Gasteiger partial charge in [-0.2, -0.15) is 0 Å². The Labute approximate surface area is 147 Å². The van der Waals surface area contributed by atoms with Gasteiger partial charge in [-0.05, 0) is 54.7 Å². The fraction of sp³-hybridized carbons (Fsp3) is 0.350. The van der Waals surface area contributed by atoms with Crippen LogP contribution in [0.4, 0.5) is 5.69 Å². The maximum absolute atomic E-state index is 12.5. The number of aromatic nitrogens is 1. The van der Waals surface area contributed by atoms with Gasteiger partial charge in [0.1, 0.15) is 0 Å². The third-order valence-corrected chi connectivity index (χ3v) is 4.80. The summed E-state index contributed by atoms with van der Waals surface area (Å²) in [4.78, 5) is 27.8. The van der Waals surface area contributed by atoms with E-state index < -0.39 is 17.8 Å². The molecule has 1 aliphatic carbocycles. The quantitative estimate of drug-likeness (QED) is 0.874. The molecule has 25 heavy (non-hydrogen) atoms. The number of nitrogens with zero attached hydrogens (tertiary/aromatic N) is 1. The average Bonchev–Trinajstić information content (AvgIpc) is 2.64. The Hall–Kier alpha value is -2.69. The molecule has 1 aromatic carbocycles. The van der Waals surface area contributed by atoms with E-state index in [1.807, 2.05) is 36.4 Å². The maximum Gasteiger partial charge on any atom is 0.307 e. The molecule has 0 spiro atoms. The molecule has 5 heteroatoms. The molecule has 1 fully saturated rings. The average molecular weight is 338 g/mol. The number of benzene rings is 1. The summed E-state index contributed by atoms with van der Waals surface area (Å²) < 4.78 is 0. The van der Waals surface area contributed by atoms with E-state index >= 15 is 0 Å². The van der Waals surface area contributed by atoms with Crippen molar-refractivity contribution in [3.63, 3.8) is 0 Å². The van der Waals surface area contributed by atoms with Gasteiger partial charge in [0.05, 0.1) is 11.8 Å². The van der Waals surface area contributed by atoms with Crippen LogP contribution in [0.2, 0.25) is 0 Å². The minimum atomic E-state index is -0.868. The van der Waals surface area contributed by atoms with Crippen molar-refractivity contribution >= 4 is 17.6 Å². The van der Waals surface area contributed by atoms with Crippen LogP contribution >= 0.6 is 0 Å².